The summed E-state index contributed by atoms with van der Waals surface area (Å²) in [5.41, 5.74) is 3.15. The largest absolute Gasteiger partial charge is 0.350 e. The molecule has 1 atom stereocenters. The van der Waals surface area contributed by atoms with Crippen molar-refractivity contribution in [2.45, 2.75) is 26.3 Å². The molecule has 0 bridgehead atoms. The Labute approximate surface area is 146 Å². The topological polar surface area (TPSA) is 42.0 Å². The van der Waals surface area contributed by atoms with E-state index in [0.717, 1.165) is 28.6 Å². The molecule has 0 saturated heterocycles. The highest BCUT2D eigenvalue weighted by Gasteiger charge is 2.15. The molecule has 122 valence electrons. The smallest absolute Gasteiger partial charge is 0.252 e. The molecule has 0 fully saturated rings. The number of carbonyl (C=O) groups is 1. The van der Waals surface area contributed by atoms with Crippen LogP contribution in [0.3, 0.4) is 0 Å². The normalized spacial score (nSPS) is 12.1. The van der Waals surface area contributed by atoms with Crippen molar-refractivity contribution in [2.24, 2.45) is 0 Å². The highest BCUT2D eigenvalue weighted by Crippen LogP contribution is 2.26. The summed E-state index contributed by atoms with van der Waals surface area (Å²) in [6.45, 7) is 4.05. The van der Waals surface area contributed by atoms with Crippen molar-refractivity contribution >= 4 is 28.4 Å². The van der Waals surface area contributed by atoms with Gasteiger partial charge in [-0.1, -0.05) is 48.9 Å². The van der Waals surface area contributed by atoms with E-state index in [9.17, 15) is 4.79 Å². The predicted molar refractivity (Wildman–Crippen MR) is 99.4 cm³/mol. The van der Waals surface area contributed by atoms with Crippen LogP contribution in [0.25, 0.3) is 22.2 Å². The minimum absolute atomic E-state index is 0.0711. The third-order valence-electron chi connectivity index (χ3n) is 4.09. The number of nitrogens with one attached hydrogen (secondary N) is 1. The number of nitrogens with zero attached hydrogens (tertiary/aromatic N) is 1. The number of fused-ring (bicyclic) bond motifs is 1. The lowest BCUT2D eigenvalue weighted by Gasteiger charge is -2.14. The zero-order valence-electron chi connectivity index (χ0n) is 13.7. The fourth-order valence-corrected chi connectivity index (χ4v) is 2.66. The molecule has 1 unspecified atom stereocenters. The molecule has 2 aromatic carbocycles. The lowest BCUT2D eigenvalue weighted by atomic mass is 10.0. The van der Waals surface area contributed by atoms with Crippen LogP contribution in [-0.2, 0) is 0 Å². The first-order valence-electron chi connectivity index (χ1n) is 8.05. The Kier molecular flexibility index (Phi) is 4.81. The van der Waals surface area contributed by atoms with E-state index in [1.807, 2.05) is 61.5 Å². The maximum absolute atomic E-state index is 12.7. The molecule has 0 saturated carbocycles. The van der Waals surface area contributed by atoms with E-state index in [-0.39, 0.29) is 11.9 Å². The molecule has 0 spiro atoms. The van der Waals surface area contributed by atoms with Gasteiger partial charge in [-0.2, -0.15) is 0 Å². The van der Waals surface area contributed by atoms with Gasteiger partial charge < -0.3 is 5.32 Å². The first-order valence-corrected chi connectivity index (χ1v) is 8.43. The summed E-state index contributed by atoms with van der Waals surface area (Å²) < 4.78 is 0. The van der Waals surface area contributed by atoms with Gasteiger partial charge >= 0.3 is 0 Å². The number of carbonyl (C=O) groups excluding carboxylic acids is 1. The van der Waals surface area contributed by atoms with Gasteiger partial charge in [0.2, 0.25) is 0 Å². The second-order valence-electron chi connectivity index (χ2n) is 5.86. The molecule has 1 N–H and O–H groups in total. The minimum atomic E-state index is -0.0711. The molecule has 3 aromatic rings. The lowest BCUT2D eigenvalue weighted by Crippen LogP contribution is -2.32. The molecule has 0 radical (unpaired) electrons. The van der Waals surface area contributed by atoms with Crippen LogP contribution in [0.15, 0.2) is 54.6 Å². The molecule has 3 nitrogen and oxygen atoms in total. The van der Waals surface area contributed by atoms with Gasteiger partial charge in [-0.3, -0.25) is 4.79 Å². The second-order valence-corrected chi connectivity index (χ2v) is 6.30. The van der Waals surface area contributed by atoms with Gasteiger partial charge in [0.15, 0.2) is 0 Å². The van der Waals surface area contributed by atoms with Gasteiger partial charge in [0.25, 0.3) is 5.91 Å². The Morgan fingerprint density at radius 1 is 1.17 bits per heavy atom. The van der Waals surface area contributed by atoms with Gasteiger partial charge in [0.05, 0.1) is 16.8 Å². The zero-order chi connectivity index (χ0) is 17.1. The van der Waals surface area contributed by atoms with E-state index >= 15 is 0 Å². The van der Waals surface area contributed by atoms with Gasteiger partial charge in [0, 0.05) is 22.0 Å². The molecule has 0 aliphatic heterocycles. The van der Waals surface area contributed by atoms with Crippen LogP contribution in [0.2, 0.25) is 5.02 Å². The van der Waals surface area contributed by atoms with Crippen LogP contribution in [0.4, 0.5) is 0 Å². The quantitative estimate of drug-likeness (QED) is 0.720. The average Bonchev–Trinajstić information content (AvgIpc) is 2.61. The first-order chi connectivity index (χ1) is 11.6. The van der Waals surface area contributed by atoms with E-state index in [2.05, 4.69) is 12.2 Å². The fraction of sp³-hybridized carbons (Fsp3) is 0.200. The lowest BCUT2D eigenvalue weighted by molar-refractivity contribution is 0.0941. The van der Waals surface area contributed by atoms with E-state index in [0.29, 0.717) is 10.6 Å². The monoisotopic (exact) mass is 338 g/mol. The van der Waals surface area contributed by atoms with Gasteiger partial charge in [-0.25, -0.2) is 4.98 Å². The predicted octanol–water partition coefficient (Wildman–Crippen LogP) is 5.08. The number of benzene rings is 2. The van der Waals surface area contributed by atoms with Gasteiger partial charge in [0.1, 0.15) is 0 Å². The highest BCUT2D eigenvalue weighted by atomic mass is 35.5. The summed E-state index contributed by atoms with van der Waals surface area (Å²) in [7, 11) is 0. The first kappa shape index (κ1) is 16.5. The van der Waals surface area contributed by atoms with Crippen molar-refractivity contribution in [3.05, 3.63) is 65.2 Å². The molecular weight excluding hydrogens is 320 g/mol. The summed E-state index contributed by atoms with van der Waals surface area (Å²) in [6.07, 6.45) is 0.888. The Bertz CT molecular complexity index is 874. The van der Waals surface area contributed by atoms with E-state index in [1.165, 1.54) is 0 Å². The molecule has 1 amide bonds. The Morgan fingerprint density at radius 2 is 1.88 bits per heavy atom. The fourth-order valence-electron chi connectivity index (χ4n) is 2.54. The number of hydrogen-bond donors (Lipinski definition) is 1. The zero-order valence-corrected chi connectivity index (χ0v) is 14.5. The summed E-state index contributed by atoms with van der Waals surface area (Å²) in [5.74, 6) is -0.0711. The Hall–Kier alpha value is -2.39. The number of rotatable bonds is 4. The number of halogens is 1. The second kappa shape index (κ2) is 7.02. The SMILES string of the molecule is CCC(C)NC(=O)c1cc(-c2ccc(Cl)cc2)nc2ccccc12. The molecule has 1 aromatic heterocycles. The van der Waals surface area contributed by atoms with Crippen LogP contribution >= 0.6 is 11.6 Å². The Balaban J connectivity index is 2.12. The van der Waals surface area contributed by atoms with Crippen LogP contribution in [0.1, 0.15) is 30.6 Å². The molecular formula is C20H19ClN2O. The summed E-state index contributed by atoms with van der Waals surface area (Å²) >= 11 is 5.96. The molecule has 0 aliphatic rings. The van der Waals surface area contributed by atoms with Crippen LogP contribution in [-0.4, -0.2) is 16.9 Å². The number of para-hydroxylation sites is 1. The molecule has 0 aliphatic carbocycles. The van der Waals surface area contributed by atoms with Crippen molar-refractivity contribution in [1.29, 1.82) is 0 Å². The highest BCUT2D eigenvalue weighted by molar-refractivity contribution is 6.30. The molecule has 4 heteroatoms. The third kappa shape index (κ3) is 3.41. The van der Waals surface area contributed by atoms with Crippen LogP contribution in [0.5, 0.6) is 0 Å². The van der Waals surface area contributed by atoms with Crippen molar-refractivity contribution in [1.82, 2.24) is 10.3 Å². The van der Waals surface area contributed by atoms with Crippen LogP contribution < -0.4 is 5.32 Å². The number of aromatic nitrogens is 1. The van der Waals surface area contributed by atoms with Gasteiger partial charge in [-0.05, 0) is 37.6 Å². The summed E-state index contributed by atoms with van der Waals surface area (Å²) in [4.78, 5) is 17.4. The van der Waals surface area contributed by atoms with E-state index in [4.69, 9.17) is 16.6 Å². The van der Waals surface area contributed by atoms with E-state index < -0.39 is 0 Å². The number of amides is 1. The summed E-state index contributed by atoms with van der Waals surface area (Å²) in [5, 5.41) is 4.57. The van der Waals surface area contributed by atoms with E-state index in [1.54, 1.807) is 0 Å². The summed E-state index contributed by atoms with van der Waals surface area (Å²) in [6, 6.07) is 17.2. The maximum Gasteiger partial charge on any atom is 0.252 e. The number of pyridine rings is 1. The third-order valence-corrected chi connectivity index (χ3v) is 4.34. The van der Waals surface area contributed by atoms with Crippen molar-refractivity contribution < 1.29 is 4.79 Å². The maximum atomic E-state index is 12.7. The average molecular weight is 339 g/mol. The minimum Gasteiger partial charge on any atom is -0.350 e. The molecule has 1 heterocycles. The van der Waals surface area contributed by atoms with Gasteiger partial charge in [-0.15, -0.1) is 0 Å². The molecule has 3 rings (SSSR count). The standard InChI is InChI=1S/C20H19ClN2O/c1-3-13(2)22-20(24)17-12-19(14-8-10-15(21)11-9-14)23-18-7-5-4-6-16(17)18/h4-13H,3H2,1-2H3,(H,22,24). The molecule has 24 heavy (non-hydrogen) atoms. The van der Waals surface area contributed by atoms with Crippen molar-refractivity contribution in [3.63, 3.8) is 0 Å². The van der Waals surface area contributed by atoms with Crippen molar-refractivity contribution in [2.75, 3.05) is 0 Å². The van der Waals surface area contributed by atoms with Crippen LogP contribution in [0, 0.1) is 0 Å². The van der Waals surface area contributed by atoms with Crippen molar-refractivity contribution in [3.8, 4) is 11.3 Å². The number of hydrogen-bond acceptors (Lipinski definition) is 2. The Morgan fingerprint density at radius 3 is 2.58 bits per heavy atom.